The van der Waals surface area contributed by atoms with Crippen molar-refractivity contribution in [3.63, 3.8) is 0 Å². The second-order valence-corrected chi connectivity index (χ2v) is 7.04. The Balaban J connectivity index is 1.83. The van der Waals surface area contributed by atoms with Gasteiger partial charge < -0.3 is 14.9 Å². The molecule has 2 aromatic heterocycles. The van der Waals surface area contributed by atoms with Crippen molar-refractivity contribution in [3.05, 3.63) is 62.9 Å². The third-order valence-electron chi connectivity index (χ3n) is 4.39. The monoisotopic (exact) mass is 443 g/mol. The van der Waals surface area contributed by atoms with Crippen LogP contribution in [0.4, 0.5) is 0 Å². The number of hydrogen-bond acceptors (Lipinski definition) is 7. The molecule has 0 amide bonds. The van der Waals surface area contributed by atoms with Gasteiger partial charge in [-0.1, -0.05) is 28.1 Å². The minimum atomic E-state index is -0.672. The van der Waals surface area contributed by atoms with Crippen LogP contribution in [-0.4, -0.2) is 42.9 Å². The number of benzene rings is 1. The van der Waals surface area contributed by atoms with Crippen molar-refractivity contribution in [3.8, 4) is 17.8 Å². The Morgan fingerprint density at radius 1 is 1.14 bits per heavy atom. The SMILES string of the molecule is CCOc1ncc2c(n1)C(=O)c1c(c(O)n(Cc3cccc(Br)c3)c1O)C2=O. The fourth-order valence-electron chi connectivity index (χ4n) is 3.15. The van der Waals surface area contributed by atoms with E-state index in [1.54, 1.807) is 25.1 Å². The van der Waals surface area contributed by atoms with E-state index < -0.39 is 23.3 Å². The molecule has 3 aromatic rings. The molecular formula is C19H14BrN3O5. The van der Waals surface area contributed by atoms with E-state index in [1.807, 2.05) is 6.07 Å². The molecule has 0 aliphatic heterocycles. The molecule has 0 radical (unpaired) electrons. The van der Waals surface area contributed by atoms with E-state index in [0.29, 0.717) is 6.61 Å². The molecule has 0 fully saturated rings. The van der Waals surface area contributed by atoms with E-state index in [0.717, 1.165) is 14.6 Å². The van der Waals surface area contributed by atoms with Crippen LogP contribution < -0.4 is 4.74 Å². The van der Waals surface area contributed by atoms with E-state index in [4.69, 9.17) is 4.74 Å². The second kappa shape index (κ2) is 6.75. The quantitative estimate of drug-likeness (QED) is 0.498. The number of aromatic hydroxyl groups is 2. The van der Waals surface area contributed by atoms with Crippen LogP contribution in [0.25, 0.3) is 0 Å². The average Bonchev–Trinajstić information content (AvgIpc) is 2.91. The molecule has 2 heterocycles. The molecule has 2 N–H and O–H groups in total. The zero-order valence-electron chi connectivity index (χ0n) is 14.6. The summed E-state index contributed by atoms with van der Waals surface area (Å²) in [6.45, 7) is 2.10. The zero-order chi connectivity index (χ0) is 20.0. The van der Waals surface area contributed by atoms with Crippen LogP contribution in [0.3, 0.4) is 0 Å². The number of nitrogens with zero attached hydrogens (tertiary/aromatic N) is 3. The van der Waals surface area contributed by atoms with Crippen LogP contribution >= 0.6 is 15.9 Å². The lowest BCUT2D eigenvalue weighted by molar-refractivity contribution is 0.0970. The molecule has 0 bridgehead atoms. The highest BCUT2D eigenvalue weighted by Crippen LogP contribution is 2.40. The Morgan fingerprint density at radius 2 is 1.86 bits per heavy atom. The van der Waals surface area contributed by atoms with E-state index in [9.17, 15) is 19.8 Å². The fourth-order valence-corrected chi connectivity index (χ4v) is 3.59. The van der Waals surface area contributed by atoms with E-state index in [2.05, 4.69) is 25.9 Å². The standard InChI is InChI=1S/C19H14BrN3O5/c1-2-28-19-21-7-11-14(22-19)16(25)13-12(15(11)24)17(26)23(18(13)27)8-9-4-3-5-10(20)6-9/h3-7,26-27H,2,8H2,1H3. The smallest absolute Gasteiger partial charge is 0.317 e. The summed E-state index contributed by atoms with van der Waals surface area (Å²) in [6, 6.07) is 7.19. The van der Waals surface area contributed by atoms with Gasteiger partial charge in [0.25, 0.3) is 0 Å². The van der Waals surface area contributed by atoms with Gasteiger partial charge in [-0.2, -0.15) is 4.98 Å². The number of aromatic nitrogens is 3. The molecule has 8 nitrogen and oxygen atoms in total. The molecule has 0 unspecified atom stereocenters. The van der Waals surface area contributed by atoms with Crippen molar-refractivity contribution in [2.24, 2.45) is 0 Å². The predicted octanol–water partition coefficient (Wildman–Crippen LogP) is 2.67. The van der Waals surface area contributed by atoms with Crippen molar-refractivity contribution in [2.75, 3.05) is 6.61 Å². The van der Waals surface area contributed by atoms with Crippen molar-refractivity contribution in [1.29, 1.82) is 0 Å². The zero-order valence-corrected chi connectivity index (χ0v) is 16.2. The van der Waals surface area contributed by atoms with Gasteiger partial charge in [-0.15, -0.1) is 0 Å². The van der Waals surface area contributed by atoms with Gasteiger partial charge in [-0.25, -0.2) is 4.98 Å². The summed E-state index contributed by atoms with van der Waals surface area (Å²) in [7, 11) is 0. The summed E-state index contributed by atoms with van der Waals surface area (Å²) in [5.41, 5.74) is 0.0220. The molecule has 142 valence electrons. The molecule has 0 saturated heterocycles. The third-order valence-corrected chi connectivity index (χ3v) is 4.89. The lowest BCUT2D eigenvalue weighted by Crippen LogP contribution is -2.22. The Morgan fingerprint density at radius 3 is 2.54 bits per heavy atom. The highest BCUT2D eigenvalue weighted by molar-refractivity contribution is 9.10. The predicted molar refractivity (Wildman–Crippen MR) is 101 cm³/mol. The lowest BCUT2D eigenvalue weighted by atomic mass is 9.90. The molecule has 9 heteroatoms. The molecule has 1 aliphatic carbocycles. The molecule has 0 atom stereocenters. The maximum absolute atomic E-state index is 12.9. The Kier molecular flexibility index (Phi) is 4.38. The molecule has 1 aliphatic rings. The molecule has 0 spiro atoms. The Labute approximate surface area is 167 Å². The Hall–Kier alpha value is -3.20. The summed E-state index contributed by atoms with van der Waals surface area (Å²) in [5.74, 6) is -2.28. The number of rotatable bonds is 4. The molecule has 0 saturated carbocycles. The topological polar surface area (TPSA) is 115 Å². The van der Waals surface area contributed by atoms with Crippen LogP contribution in [-0.2, 0) is 6.54 Å². The van der Waals surface area contributed by atoms with E-state index in [1.165, 1.54) is 6.20 Å². The Bertz CT molecular complexity index is 1140. The van der Waals surface area contributed by atoms with Gasteiger partial charge >= 0.3 is 6.01 Å². The summed E-state index contributed by atoms with van der Waals surface area (Å²) in [5, 5.41) is 21.2. The van der Waals surface area contributed by atoms with Crippen molar-refractivity contribution in [1.82, 2.24) is 14.5 Å². The number of fused-ring (bicyclic) bond motifs is 2. The number of halogens is 1. The minimum Gasteiger partial charge on any atom is -0.494 e. The van der Waals surface area contributed by atoms with Crippen molar-refractivity contribution in [2.45, 2.75) is 13.5 Å². The number of ketones is 2. The third kappa shape index (κ3) is 2.75. The van der Waals surface area contributed by atoms with Gasteiger partial charge in [0.2, 0.25) is 23.3 Å². The minimum absolute atomic E-state index is 0.0388. The maximum atomic E-state index is 12.9. The molecule has 1 aromatic carbocycles. The first-order chi connectivity index (χ1) is 13.4. The highest BCUT2D eigenvalue weighted by atomic mass is 79.9. The van der Waals surface area contributed by atoms with Gasteiger partial charge in [-0.3, -0.25) is 14.2 Å². The first-order valence-electron chi connectivity index (χ1n) is 8.40. The number of hydrogen-bond donors (Lipinski definition) is 2. The van der Waals surface area contributed by atoms with Crippen molar-refractivity contribution < 1.29 is 24.5 Å². The summed E-state index contributed by atoms with van der Waals surface area (Å²) in [4.78, 5) is 33.7. The first-order valence-corrected chi connectivity index (χ1v) is 9.19. The van der Waals surface area contributed by atoms with Crippen LogP contribution in [0.1, 0.15) is 44.5 Å². The number of ether oxygens (including phenoxy) is 1. The van der Waals surface area contributed by atoms with Crippen LogP contribution in [0.2, 0.25) is 0 Å². The largest absolute Gasteiger partial charge is 0.494 e. The van der Waals surface area contributed by atoms with Crippen molar-refractivity contribution >= 4 is 27.5 Å². The van der Waals surface area contributed by atoms with E-state index in [-0.39, 0.29) is 34.9 Å². The van der Waals surface area contributed by atoms with E-state index >= 15 is 0 Å². The fraction of sp³-hybridized carbons (Fsp3) is 0.158. The van der Waals surface area contributed by atoms with Gasteiger partial charge in [-0.05, 0) is 24.6 Å². The van der Waals surface area contributed by atoms with Gasteiger partial charge in [0.1, 0.15) is 11.3 Å². The number of carbonyl (C=O) groups is 2. The highest BCUT2D eigenvalue weighted by Gasteiger charge is 2.40. The second-order valence-electron chi connectivity index (χ2n) is 6.12. The van der Waals surface area contributed by atoms with Gasteiger partial charge in [0.15, 0.2) is 0 Å². The maximum Gasteiger partial charge on any atom is 0.317 e. The summed E-state index contributed by atoms with van der Waals surface area (Å²) < 4.78 is 7.12. The molecule has 4 rings (SSSR count). The summed E-state index contributed by atoms with van der Waals surface area (Å²) in [6.07, 6.45) is 1.19. The molecular weight excluding hydrogens is 430 g/mol. The molecule has 28 heavy (non-hydrogen) atoms. The normalized spacial score (nSPS) is 12.6. The van der Waals surface area contributed by atoms with Crippen LogP contribution in [0.15, 0.2) is 34.9 Å². The average molecular weight is 444 g/mol. The van der Waals surface area contributed by atoms with Gasteiger partial charge in [0.05, 0.1) is 24.3 Å². The first kappa shape index (κ1) is 18.2. The van der Waals surface area contributed by atoms with Gasteiger partial charge in [0, 0.05) is 10.7 Å². The summed E-state index contributed by atoms with van der Waals surface area (Å²) >= 11 is 3.36. The number of carbonyl (C=O) groups excluding carboxylic acids is 2. The lowest BCUT2D eigenvalue weighted by Gasteiger charge is -2.13. The van der Waals surface area contributed by atoms with Crippen LogP contribution in [0, 0.1) is 0 Å². The van der Waals surface area contributed by atoms with Crippen LogP contribution in [0.5, 0.6) is 17.8 Å².